The molecule has 0 N–H and O–H groups in total. The highest BCUT2D eigenvalue weighted by molar-refractivity contribution is 7.86. The molecule has 23 heavy (non-hydrogen) atoms. The van der Waals surface area contributed by atoms with Crippen molar-refractivity contribution in [1.29, 1.82) is 0 Å². The SMILES string of the molecule is O=C(CS(=O)(=O)[O-])OCCOC(=O)C12CC3CC(CC(C3)C1)C2. The summed E-state index contributed by atoms with van der Waals surface area (Å²) in [6.45, 7) is -0.336. The summed E-state index contributed by atoms with van der Waals surface area (Å²) in [6.07, 6.45) is 6.37. The van der Waals surface area contributed by atoms with Crippen LogP contribution < -0.4 is 0 Å². The van der Waals surface area contributed by atoms with Crippen LogP contribution in [-0.4, -0.2) is 43.9 Å². The van der Waals surface area contributed by atoms with Crippen LogP contribution >= 0.6 is 0 Å². The van der Waals surface area contributed by atoms with Gasteiger partial charge < -0.3 is 14.0 Å². The largest absolute Gasteiger partial charge is 0.748 e. The van der Waals surface area contributed by atoms with E-state index in [2.05, 4.69) is 4.74 Å². The Labute approximate surface area is 135 Å². The highest BCUT2D eigenvalue weighted by atomic mass is 32.2. The van der Waals surface area contributed by atoms with E-state index in [1.54, 1.807) is 0 Å². The first-order valence-electron chi connectivity index (χ1n) is 8.02. The van der Waals surface area contributed by atoms with Gasteiger partial charge in [-0.15, -0.1) is 0 Å². The van der Waals surface area contributed by atoms with Crippen LogP contribution in [-0.2, 0) is 29.2 Å². The van der Waals surface area contributed by atoms with Crippen molar-refractivity contribution in [3.63, 3.8) is 0 Å². The van der Waals surface area contributed by atoms with Crippen molar-refractivity contribution < 1.29 is 32.0 Å². The van der Waals surface area contributed by atoms with E-state index in [1.807, 2.05) is 0 Å². The van der Waals surface area contributed by atoms with Crippen molar-refractivity contribution in [2.75, 3.05) is 19.0 Å². The molecule has 0 amide bonds. The Morgan fingerprint density at radius 3 is 1.91 bits per heavy atom. The second-order valence-electron chi connectivity index (χ2n) is 7.26. The molecule has 0 spiro atoms. The zero-order valence-electron chi connectivity index (χ0n) is 12.9. The first-order chi connectivity index (χ1) is 10.8. The smallest absolute Gasteiger partial charge is 0.320 e. The molecule has 130 valence electrons. The Hall–Kier alpha value is -1.15. The molecule has 0 radical (unpaired) electrons. The third-order valence-corrected chi connectivity index (χ3v) is 5.93. The highest BCUT2D eigenvalue weighted by Gasteiger charge is 2.55. The lowest BCUT2D eigenvalue weighted by molar-refractivity contribution is -0.174. The topological polar surface area (TPSA) is 110 Å². The zero-order valence-corrected chi connectivity index (χ0v) is 13.7. The van der Waals surface area contributed by atoms with Crippen molar-refractivity contribution in [1.82, 2.24) is 0 Å². The molecule has 4 aliphatic carbocycles. The molecule has 0 unspecified atom stereocenters. The minimum Gasteiger partial charge on any atom is -0.748 e. The lowest BCUT2D eigenvalue weighted by Gasteiger charge is -2.55. The van der Waals surface area contributed by atoms with Gasteiger partial charge in [-0.05, 0) is 56.3 Å². The monoisotopic (exact) mass is 345 g/mol. The second-order valence-corrected chi connectivity index (χ2v) is 8.66. The summed E-state index contributed by atoms with van der Waals surface area (Å²) in [6, 6.07) is 0. The van der Waals surface area contributed by atoms with Crippen LogP contribution in [0.5, 0.6) is 0 Å². The summed E-state index contributed by atoms with van der Waals surface area (Å²) >= 11 is 0. The van der Waals surface area contributed by atoms with Crippen molar-refractivity contribution >= 4 is 22.1 Å². The number of hydrogen-bond acceptors (Lipinski definition) is 7. The Balaban J connectivity index is 1.44. The van der Waals surface area contributed by atoms with E-state index in [0.717, 1.165) is 19.3 Å². The molecule has 7 nitrogen and oxygen atoms in total. The van der Waals surface area contributed by atoms with Crippen molar-refractivity contribution in [3.05, 3.63) is 0 Å². The highest BCUT2D eigenvalue weighted by Crippen LogP contribution is 2.60. The van der Waals surface area contributed by atoms with E-state index in [0.29, 0.717) is 17.8 Å². The van der Waals surface area contributed by atoms with Crippen molar-refractivity contribution in [2.45, 2.75) is 38.5 Å². The van der Waals surface area contributed by atoms with E-state index in [9.17, 15) is 22.6 Å². The number of hydrogen-bond donors (Lipinski definition) is 0. The molecule has 4 bridgehead atoms. The lowest BCUT2D eigenvalue weighted by atomic mass is 9.49. The molecule has 0 aromatic heterocycles. The molecule has 4 aliphatic rings. The minimum atomic E-state index is -4.64. The molecule has 4 fully saturated rings. The summed E-state index contributed by atoms with van der Waals surface area (Å²) in [5, 5.41) is 0. The third kappa shape index (κ3) is 3.85. The average Bonchev–Trinajstić information content (AvgIpc) is 2.39. The number of rotatable bonds is 6. The molecule has 0 aromatic carbocycles. The lowest BCUT2D eigenvalue weighted by Crippen LogP contribution is -2.50. The van der Waals surface area contributed by atoms with Gasteiger partial charge in [0, 0.05) is 0 Å². The second kappa shape index (κ2) is 6.05. The molecular weight excluding hydrogens is 324 g/mol. The zero-order chi connectivity index (χ0) is 16.7. The van der Waals surface area contributed by atoms with Gasteiger partial charge in [0.1, 0.15) is 29.1 Å². The van der Waals surface area contributed by atoms with Crippen LogP contribution in [0.25, 0.3) is 0 Å². The maximum atomic E-state index is 12.5. The first-order valence-corrected chi connectivity index (χ1v) is 9.60. The molecule has 0 saturated heterocycles. The number of carbonyl (C=O) groups excluding carboxylic acids is 2. The fourth-order valence-electron chi connectivity index (χ4n) is 4.99. The third-order valence-electron chi connectivity index (χ3n) is 5.35. The minimum absolute atomic E-state index is 0.106. The normalized spacial score (nSPS) is 35.1. The van der Waals surface area contributed by atoms with Gasteiger partial charge in [-0.3, -0.25) is 9.59 Å². The van der Waals surface area contributed by atoms with Crippen molar-refractivity contribution in [3.8, 4) is 0 Å². The molecule has 8 heteroatoms. The first kappa shape index (κ1) is 16.7. The number of ether oxygens (including phenoxy) is 2. The van der Waals surface area contributed by atoms with Gasteiger partial charge in [-0.2, -0.15) is 0 Å². The molecule has 0 aromatic rings. The molecule has 0 heterocycles. The predicted octanol–water partition coefficient (Wildman–Crippen LogP) is 0.834. The quantitative estimate of drug-likeness (QED) is 0.398. The number of carbonyl (C=O) groups is 2. The predicted molar refractivity (Wildman–Crippen MR) is 77.1 cm³/mol. The van der Waals surface area contributed by atoms with Gasteiger partial charge in [0.05, 0.1) is 5.41 Å². The van der Waals surface area contributed by atoms with Gasteiger partial charge in [0.25, 0.3) is 0 Å². The van der Waals surface area contributed by atoms with Gasteiger partial charge in [0.15, 0.2) is 0 Å². The van der Waals surface area contributed by atoms with Gasteiger partial charge in [0.2, 0.25) is 0 Å². The summed E-state index contributed by atoms with van der Waals surface area (Å²) < 4.78 is 41.1. The maximum Gasteiger partial charge on any atom is 0.320 e. The van der Waals surface area contributed by atoms with Crippen LogP contribution in [0.1, 0.15) is 38.5 Å². The Morgan fingerprint density at radius 1 is 0.957 bits per heavy atom. The van der Waals surface area contributed by atoms with E-state index in [4.69, 9.17) is 4.74 Å². The van der Waals surface area contributed by atoms with Crippen LogP contribution in [0, 0.1) is 23.2 Å². The molecule has 0 aliphatic heterocycles. The Bertz CT molecular complexity index is 560. The van der Waals surface area contributed by atoms with Crippen LogP contribution in [0.4, 0.5) is 0 Å². The molecule has 4 rings (SSSR count). The average molecular weight is 345 g/mol. The van der Waals surface area contributed by atoms with E-state index in [1.165, 1.54) is 19.3 Å². The van der Waals surface area contributed by atoms with E-state index >= 15 is 0 Å². The Morgan fingerprint density at radius 2 is 1.43 bits per heavy atom. The molecular formula is C15H21O7S-. The van der Waals surface area contributed by atoms with E-state index < -0.39 is 21.8 Å². The standard InChI is InChI=1S/C15H22O7S/c16-13(9-23(18,19)20)21-1-2-22-14(17)15-6-10-3-11(7-15)5-12(4-10)8-15/h10-12H,1-9H2,(H,18,19,20)/p-1. The van der Waals surface area contributed by atoms with Crippen LogP contribution in [0.3, 0.4) is 0 Å². The van der Waals surface area contributed by atoms with Crippen molar-refractivity contribution in [2.24, 2.45) is 23.2 Å². The summed E-state index contributed by atoms with van der Waals surface area (Å²) in [4.78, 5) is 23.5. The van der Waals surface area contributed by atoms with Gasteiger partial charge >= 0.3 is 11.9 Å². The van der Waals surface area contributed by atoms with Crippen LogP contribution in [0.2, 0.25) is 0 Å². The fourth-order valence-corrected chi connectivity index (χ4v) is 5.36. The fraction of sp³-hybridized carbons (Fsp3) is 0.867. The summed E-state index contributed by atoms with van der Waals surface area (Å²) in [5.41, 5.74) is -0.364. The molecule has 4 saturated carbocycles. The van der Waals surface area contributed by atoms with E-state index in [-0.39, 0.29) is 24.6 Å². The van der Waals surface area contributed by atoms with Crippen LogP contribution in [0.15, 0.2) is 0 Å². The number of esters is 2. The molecule has 0 atom stereocenters. The summed E-state index contributed by atoms with van der Waals surface area (Å²) in [5.74, 6) is -0.637. The van der Waals surface area contributed by atoms with Gasteiger partial charge in [-0.25, -0.2) is 8.42 Å². The van der Waals surface area contributed by atoms with Gasteiger partial charge in [-0.1, -0.05) is 0 Å². The maximum absolute atomic E-state index is 12.5. The Kier molecular flexibility index (Phi) is 4.39. The summed E-state index contributed by atoms with van der Waals surface area (Å²) in [7, 11) is -4.64.